The van der Waals surface area contributed by atoms with Crippen molar-refractivity contribution in [3.63, 3.8) is 0 Å². The lowest BCUT2D eigenvalue weighted by Gasteiger charge is -2.39. The minimum Gasteiger partial charge on any atom is -0.366 e. The van der Waals surface area contributed by atoms with Crippen LogP contribution < -0.4 is 11.1 Å². The minimum absolute atomic E-state index is 0.0462. The number of carbonyl (C=O) groups excluding carboxylic acids is 3. The number of rotatable bonds is 6. The molecule has 25 heavy (non-hydrogen) atoms. The molecule has 3 amide bonds. The van der Waals surface area contributed by atoms with E-state index in [1.807, 2.05) is 0 Å². The predicted molar refractivity (Wildman–Crippen MR) is 94.0 cm³/mol. The summed E-state index contributed by atoms with van der Waals surface area (Å²) in [5.74, 6) is 0.208. The third-order valence-corrected chi connectivity index (χ3v) is 5.20. The monoisotopic (exact) mass is 343 g/mol. The first-order valence-electron chi connectivity index (χ1n) is 9.01. The van der Waals surface area contributed by atoms with Crippen LogP contribution in [0.4, 0.5) is 0 Å². The number of carbonyl (C=O) groups is 3. The van der Waals surface area contributed by atoms with Gasteiger partial charge >= 0.3 is 0 Å². The van der Waals surface area contributed by atoms with E-state index in [-0.39, 0.29) is 17.9 Å². The van der Waals surface area contributed by atoms with E-state index in [2.05, 4.69) is 5.32 Å². The Morgan fingerprint density at radius 2 is 1.64 bits per heavy atom. The molecule has 1 aromatic rings. The molecule has 134 valence electrons. The molecule has 2 aliphatic rings. The van der Waals surface area contributed by atoms with Crippen molar-refractivity contribution in [2.45, 2.75) is 44.6 Å². The highest BCUT2D eigenvalue weighted by Gasteiger charge is 2.32. The van der Waals surface area contributed by atoms with Gasteiger partial charge in [-0.05, 0) is 36.6 Å². The Labute approximate surface area is 147 Å². The van der Waals surface area contributed by atoms with Gasteiger partial charge in [0.15, 0.2) is 0 Å². The molecule has 0 aromatic heterocycles. The van der Waals surface area contributed by atoms with Crippen molar-refractivity contribution in [3.8, 4) is 0 Å². The molecule has 1 heterocycles. The molecule has 1 saturated heterocycles. The van der Waals surface area contributed by atoms with E-state index in [1.165, 1.54) is 25.7 Å². The fourth-order valence-corrected chi connectivity index (χ4v) is 3.63. The van der Waals surface area contributed by atoms with Crippen molar-refractivity contribution in [1.82, 2.24) is 10.2 Å². The number of hydrogen-bond donors (Lipinski definition) is 2. The molecule has 0 unspecified atom stereocenters. The fourth-order valence-electron chi connectivity index (χ4n) is 3.63. The highest BCUT2D eigenvalue weighted by molar-refractivity contribution is 5.97. The molecule has 0 spiro atoms. The van der Waals surface area contributed by atoms with Crippen molar-refractivity contribution >= 4 is 17.7 Å². The third kappa shape index (κ3) is 4.38. The van der Waals surface area contributed by atoms with E-state index in [9.17, 15) is 14.4 Å². The summed E-state index contributed by atoms with van der Waals surface area (Å²) in [5, 5.41) is 3.01. The van der Waals surface area contributed by atoms with Gasteiger partial charge in [0.1, 0.15) is 0 Å². The number of nitrogens with zero attached hydrogens (tertiary/aromatic N) is 1. The molecular formula is C19H25N3O3. The Bertz CT molecular complexity index is 644. The Kier molecular flexibility index (Phi) is 5.36. The second-order valence-corrected chi connectivity index (χ2v) is 7.11. The second kappa shape index (κ2) is 7.68. The lowest BCUT2D eigenvalue weighted by Crippen LogP contribution is -2.60. The van der Waals surface area contributed by atoms with Gasteiger partial charge in [-0.25, -0.2) is 0 Å². The Balaban J connectivity index is 1.40. The van der Waals surface area contributed by atoms with Gasteiger partial charge in [0.2, 0.25) is 11.8 Å². The molecule has 1 aromatic carbocycles. The van der Waals surface area contributed by atoms with Crippen LogP contribution in [0.25, 0.3) is 0 Å². The molecule has 1 saturated carbocycles. The molecule has 6 heteroatoms. The Hall–Kier alpha value is -2.37. The highest BCUT2D eigenvalue weighted by Crippen LogP contribution is 2.28. The summed E-state index contributed by atoms with van der Waals surface area (Å²) < 4.78 is 0. The fraction of sp³-hybridized carbons (Fsp3) is 0.526. The van der Waals surface area contributed by atoms with Crippen molar-refractivity contribution < 1.29 is 14.4 Å². The van der Waals surface area contributed by atoms with Gasteiger partial charge in [-0.2, -0.15) is 0 Å². The molecule has 1 aliphatic heterocycles. The van der Waals surface area contributed by atoms with E-state index in [0.717, 1.165) is 6.42 Å². The van der Waals surface area contributed by atoms with Gasteiger partial charge in [-0.3, -0.25) is 14.4 Å². The van der Waals surface area contributed by atoms with Crippen molar-refractivity contribution in [3.05, 3.63) is 35.4 Å². The van der Waals surface area contributed by atoms with Crippen LogP contribution in [0.1, 0.15) is 59.2 Å². The Morgan fingerprint density at radius 1 is 1.04 bits per heavy atom. The second-order valence-electron chi connectivity index (χ2n) is 7.11. The van der Waals surface area contributed by atoms with E-state index in [1.54, 1.807) is 29.2 Å². The van der Waals surface area contributed by atoms with E-state index >= 15 is 0 Å². The zero-order valence-corrected chi connectivity index (χ0v) is 14.4. The zero-order chi connectivity index (χ0) is 17.8. The molecule has 1 aliphatic carbocycles. The van der Waals surface area contributed by atoms with Crippen LogP contribution in [0.15, 0.2) is 24.3 Å². The molecular weight excluding hydrogens is 318 g/mol. The highest BCUT2D eigenvalue weighted by atomic mass is 16.2. The third-order valence-electron chi connectivity index (χ3n) is 5.20. The standard InChI is InChI=1S/C19H25N3O3/c20-18(24)14-6-8-15(9-7-14)19(25)22-11-16(12-22)21-17(23)10-5-13-3-1-2-4-13/h6-9,13,16H,1-5,10-12H2,(H2,20,24)(H,21,23). The lowest BCUT2D eigenvalue weighted by molar-refractivity contribution is -0.123. The van der Waals surface area contributed by atoms with Gasteiger partial charge in [0, 0.05) is 30.6 Å². The van der Waals surface area contributed by atoms with Gasteiger partial charge in [0.25, 0.3) is 5.91 Å². The van der Waals surface area contributed by atoms with Crippen LogP contribution >= 0.6 is 0 Å². The summed E-state index contributed by atoms with van der Waals surface area (Å²) in [6.07, 6.45) is 6.68. The van der Waals surface area contributed by atoms with Crippen LogP contribution in [0.3, 0.4) is 0 Å². The summed E-state index contributed by atoms with van der Waals surface area (Å²) in [5.41, 5.74) is 6.10. The van der Waals surface area contributed by atoms with E-state index in [4.69, 9.17) is 5.73 Å². The molecule has 0 bridgehead atoms. The zero-order valence-electron chi connectivity index (χ0n) is 14.4. The van der Waals surface area contributed by atoms with Gasteiger partial charge in [-0.1, -0.05) is 25.7 Å². The van der Waals surface area contributed by atoms with Crippen molar-refractivity contribution in [1.29, 1.82) is 0 Å². The number of likely N-dealkylation sites (tertiary alicyclic amines) is 1. The average Bonchev–Trinajstić information content (AvgIpc) is 3.09. The maximum atomic E-state index is 12.3. The molecule has 0 atom stereocenters. The normalized spacial score (nSPS) is 18.0. The largest absolute Gasteiger partial charge is 0.366 e. The first-order chi connectivity index (χ1) is 12.0. The lowest BCUT2D eigenvalue weighted by atomic mass is 10.0. The molecule has 0 radical (unpaired) electrons. The summed E-state index contributed by atoms with van der Waals surface area (Å²) in [6.45, 7) is 1.07. The van der Waals surface area contributed by atoms with Crippen molar-refractivity contribution in [2.75, 3.05) is 13.1 Å². The smallest absolute Gasteiger partial charge is 0.253 e. The maximum absolute atomic E-state index is 12.3. The first-order valence-corrected chi connectivity index (χ1v) is 9.01. The molecule has 3 rings (SSSR count). The summed E-state index contributed by atoms with van der Waals surface area (Å²) in [7, 11) is 0. The number of nitrogens with one attached hydrogen (secondary N) is 1. The maximum Gasteiger partial charge on any atom is 0.253 e. The minimum atomic E-state index is -0.511. The van der Waals surface area contributed by atoms with Crippen LogP contribution in [-0.4, -0.2) is 41.8 Å². The number of hydrogen-bond acceptors (Lipinski definition) is 3. The summed E-state index contributed by atoms with van der Waals surface area (Å²) >= 11 is 0. The summed E-state index contributed by atoms with van der Waals surface area (Å²) in [6, 6.07) is 6.37. The molecule has 6 nitrogen and oxygen atoms in total. The molecule has 3 N–H and O–H groups in total. The van der Waals surface area contributed by atoms with Gasteiger partial charge in [-0.15, -0.1) is 0 Å². The SMILES string of the molecule is NC(=O)c1ccc(C(=O)N2CC(NC(=O)CCC3CCCC3)C2)cc1. The number of primary amides is 1. The van der Waals surface area contributed by atoms with Crippen molar-refractivity contribution in [2.24, 2.45) is 11.7 Å². The first kappa shape index (κ1) is 17.5. The van der Waals surface area contributed by atoms with E-state index < -0.39 is 5.91 Å². The van der Waals surface area contributed by atoms with Crippen LogP contribution in [0, 0.1) is 5.92 Å². The average molecular weight is 343 g/mol. The van der Waals surface area contributed by atoms with Gasteiger partial charge in [0.05, 0.1) is 6.04 Å². The topological polar surface area (TPSA) is 92.5 Å². The number of amides is 3. The molecule has 2 fully saturated rings. The van der Waals surface area contributed by atoms with Crippen LogP contribution in [0.2, 0.25) is 0 Å². The van der Waals surface area contributed by atoms with Crippen LogP contribution in [-0.2, 0) is 4.79 Å². The number of nitrogens with two attached hydrogens (primary N) is 1. The Morgan fingerprint density at radius 3 is 2.24 bits per heavy atom. The quantitative estimate of drug-likeness (QED) is 0.823. The number of benzene rings is 1. The van der Waals surface area contributed by atoms with E-state index in [0.29, 0.717) is 36.6 Å². The predicted octanol–water partition coefficient (Wildman–Crippen LogP) is 1.70. The summed E-state index contributed by atoms with van der Waals surface area (Å²) in [4.78, 5) is 37.1. The van der Waals surface area contributed by atoms with Gasteiger partial charge < -0.3 is 16.0 Å². The van der Waals surface area contributed by atoms with Crippen LogP contribution in [0.5, 0.6) is 0 Å².